The van der Waals surface area contributed by atoms with Gasteiger partial charge in [-0.1, -0.05) is 54.6 Å². The largest absolute Gasteiger partial charge is 0.507 e. The van der Waals surface area contributed by atoms with Crippen LogP contribution < -0.4 is 4.31 Å². The Morgan fingerprint density at radius 1 is 0.839 bits per heavy atom. The van der Waals surface area contributed by atoms with E-state index < -0.39 is 15.8 Å². The summed E-state index contributed by atoms with van der Waals surface area (Å²) in [5.41, 5.74) is 2.11. The normalized spacial score (nSPS) is 11.0. The van der Waals surface area contributed by atoms with Crippen molar-refractivity contribution >= 4 is 26.5 Å². The number of hydrogen-bond acceptors (Lipinski definition) is 3. The van der Waals surface area contributed by atoms with Gasteiger partial charge in [-0.15, -0.1) is 0 Å². The zero-order valence-corrected chi connectivity index (χ0v) is 17.4. The lowest BCUT2D eigenvalue weighted by molar-refractivity contribution is 0.481. The third-order valence-corrected chi connectivity index (χ3v) is 5.75. The van der Waals surface area contributed by atoms with Crippen LogP contribution in [0.15, 0.2) is 84.9 Å². The molecular weight excluding hydrogens is 413 g/mol. The summed E-state index contributed by atoms with van der Waals surface area (Å²) in [6, 6.07) is 26.0. The van der Waals surface area contributed by atoms with E-state index in [0.717, 1.165) is 21.5 Å². The number of halogens is 1. The maximum absolute atomic E-state index is 14.1. The van der Waals surface area contributed by atoms with Gasteiger partial charge in [-0.2, -0.15) is 4.31 Å². The highest BCUT2D eigenvalue weighted by atomic mass is 32.2. The van der Waals surface area contributed by atoms with Crippen molar-refractivity contribution in [1.29, 1.82) is 0 Å². The summed E-state index contributed by atoms with van der Waals surface area (Å²) in [7, 11) is -3.68. The molecule has 0 saturated carbocycles. The summed E-state index contributed by atoms with van der Waals surface area (Å²) >= 11 is 0. The summed E-state index contributed by atoms with van der Waals surface area (Å²) in [4.78, 5) is 0. The van der Waals surface area contributed by atoms with E-state index in [2.05, 4.69) is 12.0 Å². The van der Waals surface area contributed by atoms with Crippen LogP contribution in [0.25, 0.3) is 21.9 Å². The summed E-state index contributed by atoms with van der Waals surface area (Å²) in [6.45, 7) is 0. The van der Waals surface area contributed by atoms with Crippen molar-refractivity contribution in [1.82, 2.24) is 0 Å². The molecule has 4 rings (SSSR count). The minimum absolute atomic E-state index is 0.140. The van der Waals surface area contributed by atoms with Crippen molar-refractivity contribution in [3.05, 3.63) is 96.3 Å². The first kappa shape index (κ1) is 20.5. The fourth-order valence-electron chi connectivity index (χ4n) is 3.39. The van der Waals surface area contributed by atoms with Crippen LogP contribution in [0.3, 0.4) is 0 Å². The van der Waals surface area contributed by atoms with Gasteiger partial charge in [0.2, 0.25) is 10.0 Å². The van der Waals surface area contributed by atoms with E-state index in [1.54, 1.807) is 54.6 Å². The van der Waals surface area contributed by atoms with Gasteiger partial charge in [-0.25, -0.2) is 12.8 Å². The van der Waals surface area contributed by atoms with Crippen molar-refractivity contribution in [2.75, 3.05) is 10.6 Å². The maximum atomic E-state index is 14.1. The Bertz CT molecular complexity index is 1440. The molecule has 0 heterocycles. The van der Waals surface area contributed by atoms with E-state index in [-0.39, 0.29) is 5.75 Å². The Labute approximate surface area is 180 Å². The first-order valence-corrected chi connectivity index (χ1v) is 11.3. The van der Waals surface area contributed by atoms with E-state index >= 15 is 0 Å². The molecule has 154 valence electrons. The molecule has 6 heteroatoms. The second kappa shape index (κ2) is 8.13. The molecule has 0 amide bonds. The number of para-hydroxylation sites is 1. The minimum atomic E-state index is -3.68. The highest BCUT2D eigenvalue weighted by molar-refractivity contribution is 7.92. The Morgan fingerprint density at radius 3 is 2.19 bits per heavy atom. The molecule has 0 unspecified atom stereocenters. The predicted molar refractivity (Wildman–Crippen MR) is 122 cm³/mol. The Balaban J connectivity index is 1.90. The Morgan fingerprint density at radius 2 is 1.48 bits per heavy atom. The molecule has 0 fully saturated rings. The lowest BCUT2D eigenvalue weighted by Gasteiger charge is -2.15. The van der Waals surface area contributed by atoms with Gasteiger partial charge in [0.15, 0.2) is 0 Å². The lowest BCUT2D eigenvalue weighted by atomic mass is 9.94. The minimum Gasteiger partial charge on any atom is -0.507 e. The molecule has 4 aromatic carbocycles. The maximum Gasteiger partial charge on any atom is 0.243 e. The van der Waals surface area contributed by atoms with Crippen LogP contribution >= 0.6 is 0 Å². The average Bonchev–Trinajstić information content (AvgIpc) is 2.75. The molecule has 0 aliphatic carbocycles. The number of rotatable bonds is 3. The van der Waals surface area contributed by atoms with Gasteiger partial charge in [0.1, 0.15) is 11.6 Å². The number of phenolic OH excluding ortho intramolecular Hbond substituents is 1. The SMILES string of the molecule is CS(=O)(=O)N(C#Cc1cc(F)ccc1-c1ccc(O)c2ccccc12)c1ccccc1. The van der Waals surface area contributed by atoms with Crippen molar-refractivity contribution in [3.63, 3.8) is 0 Å². The van der Waals surface area contributed by atoms with Crippen LogP contribution in [-0.2, 0) is 10.0 Å². The molecule has 0 bridgehead atoms. The van der Waals surface area contributed by atoms with Crippen LogP contribution in [0.1, 0.15) is 5.56 Å². The molecule has 0 aliphatic rings. The van der Waals surface area contributed by atoms with E-state index in [1.807, 2.05) is 18.2 Å². The molecule has 0 aromatic heterocycles. The first-order valence-electron chi connectivity index (χ1n) is 9.42. The molecular formula is C25H18FNO3S. The third-order valence-electron chi connectivity index (χ3n) is 4.79. The number of anilines is 1. The summed E-state index contributed by atoms with van der Waals surface area (Å²) in [6.07, 6.45) is 1.06. The van der Waals surface area contributed by atoms with Gasteiger partial charge < -0.3 is 5.11 Å². The predicted octanol–water partition coefficient (Wildman–Crippen LogP) is 5.13. The Kier molecular flexibility index (Phi) is 5.37. The van der Waals surface area contributed by atoms with Crippen LogP contribution in [0.2, 0.25) is 0 Å². The molecule has 0 aliphatic heterocycles. The number of hydrogen-bond donors (Lipinski definition) is 1. The van der Waals surface area contributed by atoms with Gasteiger partial charge in [-0.05, 0) is 52.8 Å². The van der Waals surface area contributed by atoms with Crippen molar-refractivity contribution in [2.24, 2.45) is 0 Å². The highest BCUT2D eigenvalue weighted by Crippen LogP contribution is 2.35. The van der Waals surface area contributed by atoms with Gasteiger partial charge in [-0.3, -0.25) is 0 Å². The van der Waals surface area contributed by atoms with Gasteiger partial charge in [0.25, 0.3) is 0 Å². The second-order valence-electron chi connectivity index (χ2n) is 6.97. The van der Waals surface area contributed by atoms with E-state index in [9.17, 15) is 17.9 Å². The topological polar surface area (TPSA) is 57.6 Å². The molecule has 0 saturated heterocycles. The van der Waals surface area contributed by atoms with Crippen molar-refractivity contribution in [3.8, 4) is 28.8 Å². The molecule has 4 nitrogen and oxygen atoms in total. The zero-order valence-electron chi connectivity index (χ0n) is 16.6. The number of nitrogens with zero attached hydrogens (tertiary/aromatic N) is 1. The number of phenols is 1. The van der Waals surface area contributed by atoms with E-state index in [0.29, 0.717) is 22.2 Å². The third kappa shape index (κ3) is 4.23. The first-order chi connectivity index (χ1) is 14.8. The van der Waals surface area contributed by atoms with E-state index in [4.69, 9.17) is 0 Å². The molecule has 0 atom stereocenters. The van der Waals surface area contributed by atoms with Crippen molar-refractivity contribution < 1.29 is 17.9 Å². The fourth-order valence-corrected chi connectivity index (χ4v) is 4.10. The van der Waals surface area contributed by atoms with Crippen LogP contribution in [0.5, 0.6) is 5.75 Å². The number of sulfonamides is 1. The number of fused-ring (bicyclic) bond motifs is 1. The number of aromatic hydroxyl groups is 1. The van der Waals surface area contributed by atoms with E-state index in [1.165, 1.54) is 12.1 Å². The standard InChI is InChI=1S/C25H18FNO3S/c1-31(29,30)27(20-7-3-2-4-8-20)16-15-18-17-19(26)11-12-21(18)23-13-14-25(28)24-10-6-5-9-22(23)24/h2-14,17,28H,1H3. The lowest BCUT2D eigenvalue weighted by Crippen LogP contribution is -2.24. The molecule has 0 spiro atoms. The molecule has 0 radical (unpaired) electrons. The quantitative estimate of drug-likeness (QED) is 0.362. The molecule has 4 aromatic rings. The van der Waals surface area contributed by atoms with Gasteiger partial charge in [0, 0.05) is 17.0 Å². The van der Waals surface area contributed by atoms with Crippen LogP contribution in [0, 0.1) is 17.8 Å². The van der Waals surface area contributed by atoms with Gasteiger partial charge >= 0.3 is 0 Å². The second-order valence-corrected chi connectivity index (χ2v) is 8.80. The monoisotopic (exact) mass is 431 g/mol. The fraction of sp³-hybridized carbons (Fsp3) is 0.0400. The molecule has 31 heavy (non-hydrogen) atoms. The zero-order chi connectivity index (χ0) is 22.0. The summed E-state index contributed by atoms with van der Waals surface area (Å²) < 4.78 is 39.7. The van der Waals surface area contributed by atoms with Crippen LogP contribution in [-0.4, -0.2) is 19.8 Å². The molecule has 1 N–H and O–H groups in total. The van der Waals surface area contributed by atoms with Crippen molar-refractivity contribution in [2.45, 2.75) is 0 Å². The highest BCUT2D eigenvalue weighted by Gasteiger charge is 2.16. The summed E-state index contributed by atoms with van der Waals surface area (Å²) in [5, 5.41) is 11.6. The summed E-state index contributed by atoms with van der Waals surface area (Å²) in [5.74, 6) is 2.49. The van der Waals surface area contributed by atoms with Crippen LogP contribution in [0.4, 0.5) is 10.1 Å². The Hall–Kier alpha value is -3.82. The van der Waals surface area contributed by atoms with Gasteiger partial charge in [0.05, 0.1) is 11.9 Å². The number of benzene rings is 4. The smallest absolute Gasteiger partial charge is 0.243 e. The average molecular weight is 431 g/mol.